The van der Waals surface area contributed by atoms with Crippen molar-refractivity contribution in [2.75, 3.05) is 12.8 Å². The van der Waals surface area contributed by atoms with Crippen LogP contribution in [0.3, 0.4) is 0 Å². The summed E-state index contributed by atoms with van der Waals surface area (Å²) >= 11 is 3.60. The minimum Gasteiger partial charge on any atom is -0.342 e. The maximum Gasteiger partial charge on any atom is 0.261 e. The van der Waals surface area contributed by atoms with Gasteiger partial charge >= 0.3 is 0 Å². The lowest BCUT2D eigenvalue weighted by Crippen LogP contribution is -2.35. The fraction of sp³-hybridized carbons (Fsp3) is 0.467. The monoisotopic (exact) mass is 386 g/mol. The third kappa shape index (κ3) is 3.22. The molecule has 1 aromatic carbocycles. The zero-order valence-electron chi connectivity index (χ0n) is 12.3. The van der Waals surface area contributed by atoms with Gasteiger partial charge < -0.3 is 9.88 Å². The van der Waals surface area contributed by atoms with E-state index in [2.05, 4.69) is 44.0 Å². The first kappa shape index (κ1) is 16.0. The molecule has 7 heteroatoms. The summed E-state index contributed by atoms with van der Waals surface area (Å²) in [6.07, 6.45) is 4.57. The topological polar surface area (TPSA) is 71.3 Å². The maximum atomic E-state index is 9.19. The van der Waals surface area contributed by atoms with Gasteiger partial charge in [0, 0.05) is 40.2 Å². The SMILES string of the molecule is Brc1ccc2c(c1)c1c3n2CCNC3CCC1.CS(=O)(=O)O. The molecule has 0 bridgehead atoms. The quantitative estimate of drug-likeness (QED) is 0.682. The van der Waals surface area contributed by atoms with Crippen LogP contribution in [0.25, 0.3) is 10.9 Å². The molecule has 1 aliphatic carbocycles. The molecule has 1 aromatic heterocycles. The van der Waals surface area contributed by atoms with E-state index in [0.29, 0.717) is 12.3 Å². The number of halogens is 1. The standard InChI is InChI=1S/C14H15BrN2.CH4O3S/c15-9-4-5-13-11(8-9)10-2-1-3-12-14(10)17(13)7-6-16-12;1-5(2,3)4/h4-5,8,12,16H,1-3,6-7H2;1H3,(H,2,3,4). The van der Waals surface area contributed by atoms with Gasteiger partial charge in [0.1, 0.15) is 0 Å². The highest BCUT2D eigenvalue weighted by Gasteiger charge is 2.29. The normalized spacial score (nSPS) is 20.2. The number of hydrogen-bond donors (Lipinski definition) is 2. The molecule has 2 aromatic rings. The zero-order valence-corrected chi connectivity index (χ0v) is 14.7. The molecule has 0 saturated heterocycles. The van der Waals surface area contributed by atoms with Gasteiger partial charge in [0.15, 0.2) is 0 Å². The summed E-state index contributed by atoms with van der Waals surface area (Å²) in [5.74, 6) is 0. The number of nitrogens with zero attached hydrogens (tertiary/aromatic N) is 1. The first-order valence-electron chi connectivity index (χ1n) is 7.31. The average molecular weight is 387 g/mol. The molecule has 0 spiro atoms. The lowest BCUT2D eigenvalue weighted by molar-refractivity contribution is 0.384. The minimum atomic E-state index is -3.67. The number of aryl methyl sites for hydroxylation is 1. The van der Waals surface area contributed by atoms with Crippen LogP contribution in [0.4, 0.5) is 0 Å². The molecular formula is C15H19BrN2O3S. The van der Waals surface area contributed by atoms with E-state index < -0.39 is 10.1 Å². The Balaban J connectivity index is 0.000000254. The Morgan fingerprint density at radius 3 is 2.86 bits per heavy atom. The van der Waals surface area contributed by atoms with Crippen molar-refractivity contribution in [2.45, 2.75) is 31.8 Å². The number of benzene rings is 1. The van der Waals surface area contributed by atoms with Gasteiger partial charge in [-0.25, -0.2) is 0 Å². The molecule has 22 heavy (non-hydrogen) atoms. The first-order chi connectivity index (χ1) is 10.3. The molecule has 5 nitrogen and oxygen atoms in total. The van der Waals surface area contributed by atoms with E-state index >= 15 is 0 Å². The lowest BCUT2D eigenvalue weighted by Gasteiger charge is -2.31. The molecule has 2 N–H and O–H groups in total. The van der Waals surface area contributed by atoms with E-state index in [4.69, 9.17) is 4.55 Å². The summed E-state index contributed by atoms with van der Waals surface area (Å²) < 4.78 is 29.6. The largest absolute Gasteiger partial charge is 0.342 e. The molecule has 2 aliphatic rings. The fourth-order valence-corrected chi connectivity index (χ4v) is 3.85. The second-order valence-electron chi connectivity index (χ2n) is 5.81. The third-order valence-electron chi connectivity index (χ3n) is 4.15. The van der Waals surface area contributed by atoms with Gasteiger partial charge in [0.2, 0.25) is 0 Å². The second-order valence-corrected chi connectivity index (χ2v) is 8.19. The first-order valence-corrected chi connectivity index (χ1v) is 9.95. The van der Waals surface area contributed by atoms with Gasteiger partial charge in [0.05, 0.1) is 6.26 Å². The molecular weight excluding hydrogens is 368 g/mol. The van der Waals surface area contributed by atoms with Crippen LogP contribution in [0.5, 0.6) is 0 Å². The van der Waals surface area contributed by atoms with Gasteiger partial charge in [0.25, 0.3) is 10.1 Å². The van der Waals surface area contributed by atoms with Gasteiger partial charge in [-0.1, -0.05) is 15.9 Å². The highest BCUT2D eigenvalue weighted by Crippen LogP contribution is 2.39. The molecule has 120 valence electrons. The van der Waals surface area contributed by atoms with Gasteiger partial charge in [-0.15, -0.1) is 0 Å². The lowest BCUT2D eigenvalue weighted by atomic mass is 9.91. The van der Waals surface area contributed by atoms with Crippen LogP contribution in [0.2, 0.25) is 0 Å². The Hall–Kier alpha value is -0.890. The van der Waals surface area contributed by atoms with Crippen LogP contribution >= 0.6 is 15.9 Å². The van der Waals surface area contributed by atoms with E-state index in [1.165, 1.54) is 34.6 Å². The van der Waals surface area contributed by atoms with Gasteiger partial charge in [-0.05, 0) is 43.0 Å². The zero-order chi connectivity index (χ0) is 15.9. The van der Waals surface area contributed by atoms with Crippen molar-refractivity contribution in [3.8, 4) is 0 Å². The minimum absolute atomic E-state index is 0.596. The van der Waals surface area contributed by atoms with Gasteiger partial charge in [-0.2, -0.15) is 8.42 Å². The summed E-state index contributed by atoms with van der Waals surface area (Å²) in [4.78, 5) is 0. The number of aromatic nitrogens is 1. The average Bonchev–Trinajstić information content (AvgIpc) is 2.74. The fourth-order valence-electron chi connectivity index (χ4n) is 3.49. The highest BCUT2D eigenvalue weighted by atomic mass is 79.9. The molecule has 4 rings (SSSR count). The summed E-state index contributed by atoms with van der Waals surface area (Å²) in [6.45, 7) is 2.22. The molecule has 2 heterocycles. The molecule has 1 unspecified atom stereocenters. The molecule has 0 amide bonds. The van der Waals surface area contributed by atoms with Crippen molar-refractivity contribution in [3.63, 3.8) is 0 Å². The van der Waals surface area contributed by atoms with Crippen LogP contribution in [-0.4, -0.2) is 30.3 Å². The van der Waals surface area contributed by atoms with Crippen molar-refractivity contribution in [1.82, 2.24) is 9.88 Å². The van der Waals surface area contributed by atoms with Crippen LogP contribution in [0, 0.1) is 0 Å². The molecule has 0 saturated carbocycles. The molecule has 1 atom stereocenters. The Morgan fingerprint density at radius 2 is 2.14 bits per heavy atom. The van der Waals surface area contributed by atoms with Crippen LogP contribution in [-0.2, 0) is 23.1 Å². The second kappa shape index (κ2) is 5.96. The van der Waals surface area contributed by atoms with Crippen molar-refractivity contribution in [1.29, 1.82) is 0 Å². The number of hydrogen-bond acceptors (Lipinski definition) is 3. The Kier molecular flexibility index (Phi) is 4.33. The van der Waals surface area contributed by atoms with E-state index in [9.17, 15) is 8.42 Å². The molecule has 1 aliphatic heterocycles. The predicted octanol–water partition coefficient (Wildman–Crippen LogP) is 2.89. The molecule has 0 radical (unpaired) electrons. The smallest absolute Gasteiger partial charge is 0.261 e. The van der Waals surface area contributed by atoms with E-state index in [1.54, 1.807) is 11.3 Å². The predicted molar refractivity (Wildman–Crippen MR) is 90.8 cm³/mol. The summed E-state index contributed by atoms with van der Waals surface area (Å²) in [7, 11) is -3.67. The number of rotatable bonds is 0. The molecule has 0 fully saturated rings. The summed E-state index contributed by atoms with van der Waals surface area (Å²) in [5, 5.41) is 5.12. The maximum absolute atomic E-state index is 9.19. The van der Waals surface area contributed by atoms with Crippen molar-refractivity contribution >= 4 is 37.0 Å². The van der Waals surface area contributed by atoms with Crippen molar-refractivity contribution in [2.24, 2.45) is 0 Å². The van der Waals surface area contributed by atoms with E-state index in [1.807, 2.05) is 0 Å². The Labute approximate surface area is 138 Å². The van der Waals surface area contributed by atoms with Crippen molar-refractivity contribution in [3.05, 3.63) is 33.9 Å². The number of nitrogens with one attached hydrogen (secondary N) is 1. The highest BCUT2D eigenvalue weighted by molar-refractivity contribution is 9.10. The van der Waals surface area contributed by atoms with E-state index in [-0.39, 0.29) is 0 Å². The van der Waals surface area contributed by atoms with E-state index in [0.717, 1.165) is 13.1 Å². The summed E-state index contributed by atoms with van der Waals surface area (Å²) in [5.41, 5.74) is 4.58. The Bertz CT molecular complexity index is 804. The summed E-state index contributed by atoms with van der Waals surface area (Å²) in [6, 6.07) is 7.31. The van der Waals surface area contributed by atoms with Crippen LogP contribution < -0.4 is 5.32 Å². The van der Waals surface area contributed by atoms with Gasteiger partial charge in [-0.3, -0.25) is 4.55 Å². The number of fused-ring (bicyclic) bond motifs is 3. The third-order valence-corrected chi connectivity index (χ3v) is 4.64. The van der Waals surface area contributed by atoms with Crippen molar-refractivity contribution < 1.29 is 13.0 Å². The Morgan fingerprint density at radius 1 is 1.41 bits per heavy atom. The van der Waals surface area contributed by atoms with Crippen LogP contribution in [0.1, 0.15) is 30.1 Å². The van der Waals surface area contributed by atoms with Crippen LogP contribution in [0.15, 0.2) is 22.7 Å².